The monoisotopic (exact) mass is 355 g/mol. The number of nitrogens with one attached hydrogen (secondary N) is 1. The Bertz CT molecular complexity index is 725. The Labute approximate surface area is 155 Å². The van der Waals surface area contributed by atoms with Crippen molar-refractivity contribution < 1.29 is 19.2 Å². The quantitative estimate of drug-likeness (QED) is 0.846. The lowest BCUT2D eigenvalue weighted by molar-refractivity contribution is -0.917. The molecule has 0 saturated carbocycles. The average molecular weight is 355 g/mol. The van der Waals surface area contributed by atoms with Crippen LogP contribution in [0.15, 0.2) is 48.5 Å². The summed E-state index contributed by atoms with van der Waals surface area (Å²) in [6, 6.07) is 15.9. The van der Waals surface area contributed by atoms with Gasteiger partial charge in [-0.25, -0.2) is 0 Å². The Morgan fingerprint density at radius 1 is 1.00 bits per heavy atom. The van der Waals surface area contributed by atoms with Crippen molar-refractivity contribution in [3.05, 3.63) is 59.7 Å². The number of piperazine rings is 1. The molecule has 2 aromatic carbocycles. The zero-order valence-corrected chi connectivity index (χ0v) is 15.5. The third-order valence-corrected chi connectivity index (χ3v) is 4.95. The predicted molar refractivity (Wildman–Crippen MR) is 101 cm³/mol. The lowest BCUT2D eigenvalue weighted by Crippen LogP contribution is -3.13. The van der Waals surface area contributed by atoms with Crippen LogP contribution in [-0.4, -0.2) is 51.2 Å². The summed E-state index contributed by atoms with van der Waals surface area (Å²) in [4.78, 5) is 15.9. The second-order valence-corrected chi connectivity index (χ2v) is 6.62. The molecule has 0 aliphatic carbocycles. The van der Waals surface area contributed by atoms with Gasteiger partial charge < -0.3 is 19.3 Å². The molecule has 1 N–H and O–H groups in total. The third kappa shape index (κ3) is 4.35. The number of hydrogen-bond acceptors (Lipinski definition) is 3. The van der Waals surface area contributed by atoms with E-state index in [0.29, 0.717) is 6.42 Å². The van der Waals surface area contributed by atoms with E-state index in [1.165, 1.54) is 4.90 Å². The molecule has 1 aliphatic rings. The summed E-state index contributed by atoms with van der Waals surface area (Å²) in [6.45, 7) is 4.36. The van der Waals surface area contributed by atoms with E-state index in [1.54, 1.807) is 14.2 Å². The van der Waals surface area contributed by atoms with Crippen molar-refractivity contribution in [3.8, 4) is 11.5 Å². The van der Waals surface area contributed by atoms with E-state index in [1.807, 2.05) is 47.4 Å². The number of methoxy groups -OCH3 is 2. The Morgan fingerprint density at radius 3 is 2.38 bits per heavy atom. The molecule has 1 aliphatic heterocycles. The topological polar surface area (TPSA) is 43.2 Å². The van der Waals surface area contributed by atoms with Crippen molar-refractivity contribution >= 4 is 5.91 Å². The maximum absolute atomic E-state index is 12.5. The standard InChI is InChI=1S/C21H26N2O3/c1-25-19-10-6-9-18(21(19)26-2)16-22-11-13-23(14-12-22)20(24)15-17-7-4-3-5-8-17/h3-10H,11-16H2,1-2H3/p+1. The van der Waals surface area contributed by atoms with Gasteiger partial charge in [-0.1, -0.05) is 36.4 Å². The number of quaternary nitrogens is 1. The molecule has 1 saturated heterocycles. The molecule has 1 amide bonds. The highest BCUT2D eigenvalue weighted by atomic mass is 16.5. The smallest absolute Gasteiger partial charge is 0.227 e. The van der Waals surface area contributed by atoms with Crippen molar-refractivity contribution in [1.29, 1.82) is 0 Å². The Morgan fingerprint density at radius 2 is 1.73 bits per heavy atom. The summed E-state index contributed by atoms with van der Waals surface area (Å²) in [6.07, 6.45) is 0.486. The fourth-order valence-corrected chi connectivity index (χ4v) is 3.49. The number of rotatable bonds is 6. The second kappa shape index (κ2) is 8.72. The van der Waals surface area contributed by atoms with Crippen molar-refractivity contribution in [1.82, 2.24) is 4.90 Å². The van der Waals surface area contributed by atoms with E-state index in [-0.39, 0.29) is 5.91 Å². The molecule has 5 nitrogen and oxygen atoms in total. The Hall–Kier alpha value is -2.53. The fourth-order valence-electron chi connectivity index (χ4n) is 3.49. The molecular weight excluding hydrogens is 328 g/mol. The molecule has 0 atom stereocenters. The van der Waals surface area contributed by atoms with Gasteiger partial charge in [0, 0.05) is 0 Å². The van der Waals surface area contributed by atoms with Gasteiger partial charge >= 0.3 is 0 Å². The number of ether oxygens (including phenoxy) is 2. The number of amides is 1. The van der Waals surface area contributed by atoms with Crippen LogP contribution in [-0.2, 0) is 17.8 Å². The molecule has 26 heavy (non-hydrogen) atoms. The number of hydrogen-bond donors (Lipinski definition) is 1. The minimum absolute atomic E-state index is 0.217. The van der Waals surface area contributed by atoms with Gasteiger partial charge in [0.1, 0.15) is 6.54 Å². The van der Waals surface area contributed by atoms with Gasteiger partial charge in [0.05, 0.1) is 52.4 Å². The molecule has 3 rings (SSSR count). The zero-order chi connectivity index (χ0) is 18.4. The van der Waals surface area contributed by atoms with E-state index >= 15 is 0 Å². The van der Waals surface area contributed by atoms with Crippen molar-refractivity contribution in [2.75, 3.05) is 40.4 Å². The fraction of sp³-hybridized carbons (Fsp3) is 0.381. The van der Waals surface area contributed by atoms with Gasteiger partial charge in [-0.15, -0.1) is 0 Å². The maximum Gasteiger partial charge on any atom is 0.227 e. The van der Waals surface area contributed by atoms with Gasteiger partial charge in [0.25, 0.3) is 0 Å². The molecule has 1 fully saturated rings. The van der Waals surface area contributed by atoms with E-state index in [4.69, 9.17) is 9.47 Å². The predicted octanol–water partition coefficient (Wildman–Crippen LogP) is 1.17. The Kier molecular flexibility index (Phi) is 6.12. The minimum Gasteiger partial charge on any atom is -0.493 e. The molecule has 5 heteroatoms. The summed E-state index contributed by atoms with van der Waals surface area (Å²) in [5.74, 6) is 1.79. The van der Waals surface area contributed by atoms with Crippen molar-refractivity contribution in [3.63, 3.8) is 0 Å². The van der Waals surface area contributed by atoms with Crippen LogP contribution in [0.3, 0.4) is 0 Å². The lowest BCUT2D eigenvalue weighted by Gasteiger charge is -2.32. The van der Waals surface area contributed by atoms with Gasteiger partial charge in [0.2, 0.25) is 5.91 Å². The van der Waals surface area contributed by atoms with Crippen LogP contribution in [0.5, 0.6) is 11.5 Å². The van der Waals surface area contributed by atoms with E-state index in [0.717, 1.165) is 55.3 Å². The van der Waals surface area contributed by atoms with Crippen molar-refractivity contribution in [2.45, 2.75) is 13.0 Å². The second-order valence-electron chi connectivity index (χ2n) is 6.62. The first-order chi connectivity index (χ1) is 12.7. The summed E-state index contributed by atoms with van der Waals surface area (Å²) in [5, 5.41) is 0. The summed E-state index contributed by atoms with van der Waals surface area (Å²) >= 11 is 0. The number of para-hydroxylation sites is 1. The molecule has 2 aromatic rings. The first kappa shape index (κ1) is 18.3. The van der Waals surface area contributed by atoms with E-state index in [2.05, 4.69) is 6.07 Å². The van der Waals surface area contributed by atoms with Gasteiger partial charge in [0.15, 0.2) is 11.5 Å². The summed E-state index contributed by atoms with van der Waals surface area (Å²) in [7, 11) is 3.34. The first-order valence-corrected chi connectivity index (χ1v) is 9.06. The first-order valence-electron chi connectivity index (χ1n) is 9.06. The molecule has 0 aromatic heterocycles. The highest BCUT2D eigenvalue weighted by Crippen LogP contribution is 2.30. The molecule has 138 valence electrons. The highest BCUT2D eigenvalue weighted by Gasteiger charge is 2.25. The largest absolute Gasteiger partial charge is 0.493 e. The normalized spacial score (nSPS) is 14.9. The van der Waals surface area contributed by atoms with E-state index < -0.39 is 0 Å². The van der Waals surface area contributed by atoms with Crippen LogP contribution in [0, 0.1) is 0 Å². The van der Waals surface area contributed by atoms with Crippen LogP contribution in [0.2, 0.25) is 0 Å². The van der Waals surface area contributed by atoms with Crippen LogP contribution in [0.25, 0.3) is 0 Å². The third-order valence-electron chi connectivity index (χ3n) is 4.95. The van der Waals surface area contributed by atoms with Crippen molar-refractivity contribution in [2.24, 2.45) is 0 Å². The zero-order valence-electron chi connectivity index (χ0n) is 15.5. The van der Waals surface area contributed by atoms with E-state index in [9.17, 15) is 4.79 Å². The summed E-state index contributed by atoms with van der Waals surface area (Å²) < 4.78 is 10.9. The van der Waals surface area contributed by atoms with Crippen LogP contribution < -0.4 is 14.4 Å². The summed E-state index contributed by atoms with van der Waals surface area (Å²) in [5.41, 5.74) is 2.22. The molecule has 0 spiro atoms. The van der Waals surface area contributed by atoms with Gasteiger partial charge in [-0.2, -0.15) is 0 Å². The maximum atomic E-state index is 12.5. The molecule has 0 bridgehead atoms. The molecule has 1 heterocycles. The average Bonchev–Trinajstić information content (AvgIpc) is 2.69. The van der Waals surface area contributed by atoms with Crippen LogP contribution in [0.1, 0.15) is 11.1 Å². The highest BCUT2D eigenvalue weighted by molar-refractivity contribution is 5.78. The SMILES string of the molecule is COc1cccc(C[NH+]2CCN(C(=O)Cc3ccccc3)CC2)c1OC. The Balaban J connectivity index is 1.55. The molecule has 0 unspecified atom stereocenters. The lowest BCUT2D eigenvalue weighted by atomic mass is 10.1. The minimum atomic E-state index is 0.217. The number of carbonyl (C=O) groups is 1. The molecule has 0 radical (unpaired) electrons. The van der Waals surface area contributed by atoms with Crippen LogP contribution in [0.4, 0.5) is 0 Å². The van der Waals surface area contributed by atoms with Crippen LogP contribution >= 0.6 is 0 Å². The van der Waals surface area contributed by atoms with Gasteiger partial charge in [-0.3, -0.25) is 4.79 Å². The number of benzene rings is 2. The van der Waals surface area contributed by atoms with Gasteiger partial charge in [-0.05, 0) is 17.7 Å². The number of nitrogens with zero attached hydrogens (tertiary/aromatic N) is 1. The molecular formula is C21H27N2O3+. The number of carbonyl (C=O) groups excluding carboxylic acids is 1.